The van der Waals surface area contributed by atoms with Gasteiger partial charge in [-0.15, -0.1) is 0 Å². The summed E-state index contributed by atoms with van der Waals surface area (Å²) in [6.45, 7) is 1.85. The quantitative estimate of drug-likeness (QED) is 0.903. The van der Waals surface area contributed by atoms with Crippen LogP contribution in [-0.4, -0.2) is 4.98 Å². The second kappa shape index (κ2) is 5.31. The zero-order chi connectivity index (χ0) is 13.1. The fourth-order valence-electron chi connectivity index (χ4n) is 1.60. The average Bonchev–Trinajstić information content (AvgIpc) is 2.28. The number of aromatic nitrogens is 1. The van der Waals surface area contributed by atoms with Crippen LogP contribution in [0.4, 0.5) is 14.5 Å². The Morgan fingerprint density at radius 1 is 1.17 bits per heavy atom. The number of hydrogen-bond donors (Lipinski definition) is 1. The van der Waals surface area contributed by atoms with Crippen LogP contribution in [0.2, 0.25) is 5.02 Å². The standard InChI is InChI=1S/C13H11ClF2N2/c1-8(13-3-2-10(15)7-17-13)18-12-5-9(14)4-11(16)6-12/h2-8,18H,1H3. The molecule has 1 unspecified atom stereocenters. The molecule has 2 rings (SSSR count). The second-order valence-electron chi connectivity index (χ2n) is 3.93. The highest BCUT2D eigenvalue weighted by Gasteiger charge is 2.08. The summed E-state index contributed by atoms with van der Waals surface area (Å²) in [4.78, 5) is 3.95. The summed E-state index contributed by atoms with van der Waals surface area (Å²) in [5, 5.41) is 3.37. The summed E-state index contributed by atoms with van der Waals surface area (Å²) < 4.78 is 25.9. The maximum absolute atomic E-state index is 13.1. The monoisotopic (exact) mass is 268 g/mol. The zero-order valence-electron chi connectivity index (χ0n) is 9.62. The van der Waals surface area contributed by atoms with E-state index in [-0.39, 0.29) is 11.9 Å². The number of hydrogen-bond acceptors (Lipinski definition) is 2. The van der Waals surface area contributed by atoms with Gasteiger partial charge in [0, 0.05) is 10.7 Å². The normalized spacial score (nSPS) is 12.2. The van der Waals surface area contributed by atoms with Crippen molar-refractivity contribution in [3.05, 3.63) is 58.9 Å². The first-order valence-corrected chi connectivity index (χ1v) is 5.76. The Morgan fingerprint density at radius 2 is 1.94 bits per heavy atom. The molecule has 94 valence electrons. The van der Waals surface area contributed by atoms with Crippen molar-refractivity contribution in [3.8, 4) is 0 Å². The predicted octanol–water partition coefficient (Wildman–Crippen LogP) is 4.19. The van der Waals surface area contributed by atoms with Gasteiger partial charge in [-0.1, -0.05) is 11.6 Å². The van der Waals surface area contributed by atoms with Crippen LogP contribution in [0.25, 0.3) is 0 Å². The SMILES string of the molecule is CC(Nc1cc(F)cc(Cl)c1)c1ccc(F)cn1. The van der Waals surface area contributed by atoms with Gasteiger partial charge < -0.3 is 5.32 Å². The third kappa shape index (κ3) is 3.17. The fraction of sp³-hybridized carbons (Fsp3) is 0.154. The lowest BCUT2D eigenvalue weighted by Gasteiger charge is -2.15. The highest BCUT2D eigenvalue weighted by Crippen LogP contribution is 2.22. The van der Waals surface area contributed by atoms with E-state index in [1.165, 1.54) is 18.2 Å². The van der Waals surface area contributed by atoms with Crippen LogP contribution in [-0.2, 0) is 0 Å². The molecule has 0 bridgehead atoms. The Labute approximate surface area is 109 Å². The number of halogens is 3. The van der Waals surface area contributed by atoms with Crippen LogP contribution in [0.15, 0.2) is 36.5 Å². The third-order valence-electron chi connectivity index (χ3n) is 2.44. The molecular weight excluding hydrogens is 258 g/mol. The van der Waals surface area contributed by atoms with E-state index < -0.39 is 5.82 Å². The number of benzene rings is 1. The Morgan fingerprint density at radius 3 is 2.56 bits per heavy atom. The fourth-order valence-corrected chi connectivity index (χ4v) is 1.83. The van der Waals surface area contributed by atoms with Crippen LogP contribution in [0.5, 0.6) is 0 Å². The lowest BCUT2D eigenvalue weighted by atomic mass is 10.2. The van der Waals surface area contributed by atoms with Crippen molar-refractivity contribution < 1.29 is 8.78 Å². The lowest BCUT2D eigenvalue weighted by molar-refractivity contribution is 0.617. The van der Waals surface area contributed by atoms with Crippen molar-refractivity contribution in [2.75, 3.05) is 5.32 Å². The predicted molar refractivity (Wildman–Crippen MR) is 67.6 cm³/mol. The van der Waals surface area contributed by atoms with Crippen LogP contribution in [0.1, 0.15) is 18.7 Å². The van der Waals surface area contributed by atoms with Crippen molar-refractivity contribution in [2.24, 2.45) is 0 Å². The first kappa shape index (κ1) is 12.8. The van der Waals surface area contributed by atoms with Crippen LogP contribution in [0, 0.1) is 11.6 Å². The smallest absolute Gasteiger partial charge is 0.141 e. The van der Waals surface area contributed by atoms with Crippen LogP contribution < -0.4 is 5.32 Å². The van der Waals surface area contributed by atoms with Crippen LogP contribution >= 0.6 is 11.6 Å². The molecular formula is C13H11ClF2N2. The van der Waals surface area contributed by atoms with Gasteiger partial charge >= 0.3 is 0 Å². The van der Waals surface area contributed by atoms with E-state index in [9.17, 15) is 8.78 Å². The molecule has 1 N–H and O–H groups in total. The molecule has 0 spiro atoms. The van der Waals surface area contributed by atoms with Crippen molar-refractivity contribution in [2.45, 2.75) is 13.0 Å². The summed E-state index contributed by atoms with van der Waals surface area (Å²) >= 11 is 5.76. The van der Waals surface area contributed by atoms with Gasteiger partial charge in [0.1, 0.15) is 11.6 Å². The summed E-state index contributed by atoms with van der Waals surface area (Å²) in [6, 6.07) is 6.92. The number of pyridine rings is 1. The Bertz CT molecular complexity index is 523. The van der Waals surface area contributed by atoms with Gasteiger partial charge in [-0.3, -0.25) is 4.98 Å². The maximum atomic E-state index is 13.1. The largest absolute Gasteiger partial charge is 0.377 e. The van der Waals surface area contributed by atoms with Gasteiger partial charge in [0.15, 0.2) is 0 Å². The highest BCUT2D eigenvalue weighted by atomic mass is 35.5. The molecule has 0 saturated heterocycles. The molecule has 0 radical (unpaired) electrons. The van der Waals surface area contributed by atoms with E-state index in [1.54, 1.807) is 12.1 Å². The maximum Gasteiger partial charge on any atom is 0.141 e. The van der Waals surface area contributed by atoms with Gasteiger partial charge in [-0.2, -0.15) is 0 Å². The lowest BCUT2D eigenvalue weighted by Crippen LogP contribution is -2.08. The summed E-state index contributed by atoms with van der Waals surface area (Å²) in [5.41, 5.74) is 1.22. The molecule has 2 aromatic rings. The highest BCUT2D eigenvalue weighted by molar-refractivity contribution is 6.30. The molecule has 0 aliphatic heterocycles. The first-order chi connectivity index (χ1) is 8.54. The second-order valence-corrected chi connectivity index (χ2v) is 4.36. The molecule has 0 aliphatic carbocycles. The van der Waals surface area contributed by atoms with Crippen molar-refractivity contribution >= 4 is 17.3 Å². The summed E-state index contributed by atoms with van der Waals surface area (Å²) in [7, 11) is 0. The molecule has 18 heavy (non-hydrogen) atoms. The molecule has 1 aromatic heterocycles. The van der Waals surface area contributed by atoms with Crippen LogP contribution in [0.3, 0.4) is 0 Å². The Balaban J connectivity index is 2.15. The molecule has 1 aromatic carbocycles. The van der Waals surface area contributed by atoms with Crippen molar-refractivity contribution in [1.82, 2.24) is 4.98 Å². The summed E-state index contributed by atoms with van der Waals surface area (Å²) in [6.07, 6.45) is 1.14. The minimum absolute atomic E-state index is 0.177. The molecule has 5 heteroatoms. The molecule has 2 nitrogen and oxygen atoms in total. The van der Waals surface area contributed by atoms with Crippen molar-refractivity contribution in [1.29, 1.82) is 0 Å². The van der Waals surface area contributed by atoms with Crippen molar-refractivity contribution in [3.63, 3.8) is 0 Å². The molecule has 0 fully saturated rings. The Kier molecular flexibility index (Phi) is 3.77. The average molecular weight is 269 g/mol. The number of nitrogens with zero attached hydrogens (tertiary/aromatic N) is 1. The molecule has 0 saturated carbocycles. The van der Waals surface area contributed by atoms with E-state index in [1.807, 2.05) is 6.92 Å². The molecule has 0 amide bonds. The van der Waals surface area contributed by atoms with E-state index in [0.717, 1.165) is 6.20 Å². The molecule has 1 heterocycles. The Hall–Kier alpha value is -1.68. The summed E-state index contributed by atoms with van der Waals surface area (Å²) in [5.74, 6) is -0.802. The first-order valence-electron chi connectivity index (χ1n) is 5.38. The van der Waals surface area contributed by atoms with E-state index in [0.29, 0.717) is 16.4 Å². The van der Waals surface area contributed by atoms with Gasteiger partial charge in [0.2, 0.25) is 0 Å². The molecule has 0 aliphatic rings. The molecule has 1 atom stereocenters. The van der Waals surface area contributed by atoms with Gasteiger partial charge in [0.05, 0.1) is 17.9 Å². The number of anilines is 1. The van der Waals surface area contributed by atoms with Gasteiger partial charge in [-0.25, -0.2) is 8.78 Å². The third-order valence-corrected chi connectivity index (χ3v) is 2.66. The number of nitrogens with one attached hydrogen (secondary N) is 1. The minimum Gasteiger partial charge on any atom is -0.377 e. The van der Waals surface area contributed by atoms with Gasteiger partial charge in [-0.05, 0) is 37.3 Å². The van der Waals surface area contributed by atoms with E-state index in [2.05, 4.69) is 10.3 Å². The van der Waals surface area contributed by atoms with E-state index >= 15 is 0 Å². The topological polar surface area (TPSA) is 24.9 Å². The van der Waals surface area contributed by atoms with E-state index in [4.69, 9.17) is 11.6 Å². The minimum atomic E-state index is -0.413. The number of rotatable bonds is 3. The zero-order valence-corrected chi connectivity index (χ0v) is 10.4. The van der Waals surface area contributed by atoms with Gasteiger partial charge in [0.25, 0.3) is 0 Å².